The Hall–Kier alpha value is -2.35. The van der Waals surface area contributed by atoms with E-state index >= 15 is 0 Å². The molecule has 0 amide bonds. The fourth-order valence-electron chi connectivity index (χ4n) is 3.12. The Labute approximate surface area is 175 Å². The summed E-state index contributed by atoms with van der Waals surface area (Å²) in [6.45, 7) is 7.46. The number of nitriles is 1. The summed E-state index contributed by atoms with van der Waals surface area (Å²) in [7, 11) is 0. The second-order valence-electron chi connectivity index (χ2n) is 7.24. The van der Waals surface area contributed by atoms with Crippen LogP contribution in [0.4, 0.5) is 5.69 Å². The van der Waals surface area contributed by atoms with Gasteiger partial charge in [-0.15, -0.1) is 11.3 Å². The van der Waals surface area contributed by atoms with Gasteiger partial charge in [0.1, 0.15) is 0 Å². The summed E-state index contributed by atoms with van der Waals surface area (Å²) < 4.78 is 2.32. The monoisotopic (exact) mass is 409 g/mol. The molecule has 28 heavy (non-hydrogen) atoms. The fraction of sp³-hybridized carbons (Fsp3) is 0.304. The third-order valence-electron chi connectivity index (χ3n) is 4.53. The molecule has 0 bridgehead atoms. The van der Waals surface area contributed by atoms with Crippen LogP contribution in [0.25, 0.3) is 0 Å². The van der Waals surface area contributed by atoms with E-state index in [9.17, 15) is 0 Å². The van der Waals surface area contributed by atoms with Crippen LogP contribution in [0.1, 0.15) is 43.2 Å². The Morgan fingerprint density at radius 3 is 2.57 bits per heavy atom. The van der Waals surface area contributed by atoms with Gasteiger partial charge in [0.2, 0.25) is 0 Å². The molecule has 1 aromatic heterocycles. The van der Waals surface area contributed by atoms with Crippen LogP contribution >= 0.6 is 22.9 Å². The molecule has 1 heterocycles. The topological polar surface area (TPSA) is 41.1 Å². The van der Waals surface area contributed by atoms with Gasteiger partial charge in [-0.2, -0.15) is 5.26 Å². The van der Waals surface area contributed by atoms with Crippen molar-refractivity contribution in [3.8, 4) is 6.07 Å². The molecule has 0 aliphatic rings. The molecule has 0 saturated heterocycles. The Balaban J connectivity index is 2.04. The summed E-state index contributed by atoms with van der Waals surface area (Å²) in [6, 6.07) is 16.0. The van der Waals surface area contributed by atoms with E-state index < -0.39 is 0 Å². The minimum atomic E-state index is 0.518. The fourth-order valence-corrected chi connectivity index (χ4v) is 4.16. The highest BCUT2D eigenvalue weighted by Gasteiger charge is 2.10. The summed E-state index contributed by atoms with van der Waals surface area (Å²) >= 11 is 7.69. The number of hydrogen-bond acceptors (Lipinski definition) is 3. The maximum Gasteiger partial charge on any atom is 0.190 e. The average molecular weight is 410 g/mol. The standard InChI is InChI=1S/C23H24ClN3S/c1-4-19-11-18(13-25)7-10-22(19)26-23-27(14-16(2)3)21(15-28-23)12-17-5-8-20(24)9-6-17/h5-11,15-16H,4,12,14H2,1-3H3. The molecule has 2 aromatic carbocycles. The molecule has 0 spiro atoms. The summed E-state index contributed by atoms with van der Waals surface area (Å²) in [5, 5.41) is 12.1. The summed E-state index contributed by atoms with van der Waals surface area (Å²) in [5.41, 5.74) is 5.22. The van der Waals surface area contributed by atoms with E-state index in [-0.39, 0.29) is 0 Å². The van der Waals surface area contributed by atoms with Gasteiger partial charge in [-0.25, -0.2) is 4.99 Å². The highest BCUT2D eigenvalue weighted by Crippen LogP contribution is 2.22. The van der Waals surface area contributed by atoms with Gasteiger partial charge in [0, 0.05) is 29.1 Å². The largest absolute Gasteiger partial charge is 0.320 e. The van der Waals surface area contributed by atoms with Gasteiger partial charge in [0.25, 0.3) is 0 Å². The van der Waals surface area contributed by atoms with Crippen LogP contribution in [0.5, 0.6) is 0 Å². The number of thiazole rings is 1. The highest BCUT2D eigenvalue weighted by atomic mass is 35.5. The van der Waals surface area contributed by atoms with Gasteiger partial charge in [0.05, 0.1) is 17.3 Å². The Bertz CT molecular complexity index is 1050. The van der Waals surface area contributed by atoms with E-state index in [1.165, 1.54) is 11.3 Å². The van der Waals surface area contributed by atoms with Crippen LogP contribution in [0.15, 0.2) is 52.8 Å². The first-order valence-electron chi connectivity index (χ1n) is 9.49. The third-order valence-corrected chi connectivity index (χ3v) is 5.69. The minimum Gasteiger partial charge on any atom is -0.320 e. The lowest BCUT2D eigenvalue weighted by Gasteiger charge is -2.12. The predicted octanol–water partition coefficient (Wildman–Crippen LogP) is 6.12. The van der Waals surface area contributed by atoms with Crippen molar-refractivity contribution in [1.82, 2.24) is 4.57 Å². The van der Waals surface area contributed by atoms with Crippen LogP contribution in [0, 0.1) is 17.2 Å². The molecule has 5 heteroatoms. The first-order valence-corrected chi connectivity index (χ1v) is 10.7. The molecule has 0 fully saturated rings. The maximum absolute atomic E-state index is 9.15. The SMILES string of the molecule is CCc1cc(C#N)ccc1N=c1scc(Cc2ccc(Cl)cc2)n1CC(C)C. The van der Waals surface area contributed by atoms with E-state index in [4.69, 9.17) is 21.9 Å². The summed E-state index contributed by atoms with van der Waals surface area (Å²) in [4.78, 5) is 5.96. The van der Waals surface area contributed by atoms with Crippen LogP contribution in [-0.4, -0.2) is 4.57 Å². The quantitative estimate of drug-likeness (QED) is 0.483. The van der Waals surface area contributed by atoms with Crippen molar-refractivity contribution in [2.24, 2.45) is 10.9 Å². The number of benzene rings is 2. The van der Waals surface area contributed by atoms with Crippen molar-refractivity contribution in [3.63, 3.8) is 0 Å². The van der Waals surface area contributed by atoms with E-state index in [0.29, 0.717) is 11.5 Å². The van der Waals surface area contributed by atoms with Crippen molar-refractivity contribution in [2.45, 2.75) is 40.2 Å². The van der Waals surface area contributed by atoms with E-state index in [0.717, 1.165) is 40.5 Å². The molecule has 144 valence electrons. The number of rotatable bonds is 6. The Morgan fingerprint density at radius 2 is 1.93 bits per heavy atom. The van der Waals surface area contributed by atoms with E-state index in [1.807, 2.05) is 30.3 Å². The van der Waals surface area contributed by atoms with Crippen molar-refractivity contribution in [3.05, 3.63) is 80.1 Å². The lowest BCUT2D eigenvalue weighted by atomic mass is 10.1. The van der Waals surface area contributed by atoms with Crippen molar-refractivity contribution >= 4 is 28.6 Å². The maximum atomic E-state index is 9.15. The molecule has 3 rings (SSSR count). The van der Waals surface area contributed by atoms with E-state index in [2.05, 4.69) is 48.9 Å². The zero-order valence-electron chi connectivity index (χ0n) is 16.4. The van der Waals surface area contributed by atoms with Crippen molar-refractivity contribution < 1.29 is 0 Å². The molecule has 0 N–H and O–H groups in total. The van der Waals surface area contributed by atoms with Gasteiger partial charge in [-0.05, 0) is 53.8 Å². The smallest absolute Gasteiger partial charge is 0.190 e. The lowest BCUT2D eigenvalue weighted by Crippen LogP contribution is -2.20. The molecule has 0 atom stereocenters. The molecule has 3 nitrogen and oxygen atoms in total. The number of halogens is 1. The minimum absolute atomic E-state index is 0.518. The van der Waals surface area contributed by atoms with Crippen LogP contribution < -0.4 is 4.80 Å². The second kappa shape index (κ2) is 9.23. The number of aromatic nitrogens is 1. The normalized spacial score (nSPS) is 11.8. The van der Waals surface area contributed by atoms with Crippen LogP contribution in [0.3, 0.4) is 0 Å². The molecule has 0 unspecified atom stereocenters. The first kappa shape index (κ1) is 20.4. The van der Waals surface area contributed by atoms with Crippen molar-refractivity contribution in [2.75, 3.05) is 0 Å². The molecule has 3 aromatic rings. The zero-order valence-corrected chi connectivity index (χ0v) is 18.0. The molecule has 0 aliphatic heterocycles. The average Bonchev–Trinajstić information content (AvgIpc) is 3.04. The number of nitrogens with zero attached hydrogens (tertiary/aromatic N) is 3. The molecule has 0 radical (unpaired) electrons. The van der Waals surface area contributed by atoms with Gasteiger partial charge >= 0.3 is 0 Å². The van der Waals surface area contributed by atoms with Gasteiger partial charge < -0.3 is 4.57 Å². The van der Waals surface area contributed by atoms with Gasteiger partial charge in [-0.1, -0.05) is 44.5 Å². The number of hydrogen-bond donors (Lipinski definition) is 0. The molecule has 0 saturated carbocycles. The predicted molar refractivity (Wildman–Crippen MR) is 117 cm³/mol. The third kappa shape index (κ3) is 4.92. The van der Waals surface area contributed by atoms with Crippen LogP contribution in [-0.2, 0) is 19.4 Å². The lowest BCUT2D eigenvalue weighted by molar-refractivity contribution is 0.503. The summed E-state index contributed by atoms with van der Waals surface area (Å²) in [5.74, 6) is 0.518. The Kier molecular flexibility index (Phi) is 6.72. The second-order valence-corrected chi connectivity index (χ2v) is 8.51. The van der Waals surface area contributed by atoms with E-state index in [1.54, 1.807) is 11.3 Å². The van der Waals surface area contributed by atoms with Crippen molar-refractivity contribution in [1.29, 1.82) is 5.26 Å². The highest BCUT2D eigenvalue weighted by molar-refractivity contribution is 7.07. The molecular formula is C23H24ClN3S. The van der Waals surface area contributed by atoms with Gasteiger partial charge in [0.15, 0.2) is 4.80 Å². The Morgan fingerprint density at radius 1 is 1.18 bits per heavy atom. The zero-order chi connectivity index (χ0) is 20.1. The first-order chi connectivity index (χ1) is 13.5. The molecule has 0 aliphatic carbocycles. The van der Waals surface area contributed by atoms with Gasteiger partial charge in [-0.3, -0.25) is 0 Å². The summed E-state index contributed by atoms with van der Waals surface area (Å²) in [6.07, 6.45) is 1.70. The van der Waals surface area contributed by atoms with Crippen LogP contribution in [0.2, 0.25) is 5.02 Å². The molecular weight excluding hydrogens is 386 g/mol. The number of aryl methyl sites for hydroxylation is 1.